The van der Waals surface area contributed by atoms with Crippen LogP contribution in [0.15, 0.2) is 35.8 Å². The average Bonchev–Trinajstić information content (AvgIpc) is 2.99. The first-order chi connectivity index (χ1) is 8.75. The summed E-state index contributed by atoms with van der Waals surface area (Å²) in [7, 11) is 0. The Morgan fingerprint density at radius 3 is 3.06 bits per heavy atom. The highest BCUT2D eigenvalue weighted by Crippen LogP contribution is 2.26. The van der Waals surface area contributed by atoms with Crippen LogP contribution in [0.25, 0.3) is 0 Å². The maximum Gasteiger partial charge on any atom is 0.228 e. The van der Waals surface area contributed by atoms with Crippen LogP contribution in [0.5, 0.6) is 0 Å². The molecular weight excluding hydrogens is 244 g/mol. The van der Waals surface area contributed by atoms with Gasteiger partial charge in [-0.05, 0) is 30.5 Å². The van der Waals surface area contributed by atoms with Gasteiger partial charge in [0.15, 0.2) is 0 Å². The minimum absolute atomic E-state index is 0.182. The number of hydrogen-bond acceptors (Lipinski definition) is 2. The number of aromatic nitrogens is 1. The molecule has 0 N–H and O–H groups in total. The third-order valence-corrected chi connectivity index (χ3v) is 4.44. The molecule has 0 saturated carbocycles. The molecule has 0 saturated heterocycles. The van der Waals surface area contributed by atoms with Crippen molar-refractivity contribution in [2.24, 2.45) is 0 Å². The van der Waals surface area contributed by atoms with Gasteiger partial charge in [-0.15, -0.1) is 11.3 Å². The number of carbonyl (C=O) groups excluding carboxylic acids is 1. The molecule has 1 aliphatic rings. The quantitative estimate of drug-likeness (QED) is 0.815. The van der Waals surface area contributed by atoms with Crippen LogP contribution in [0.2, 0.25) is 0 Å². The highest BCUT2D eigenvalue weighted by Gasteiger charge is 2.27. The van der Waals surface area contributed by atoms with E-state index in [2.05, 4.69) is 29.8 Å². The van der Waals surface area contributed by atoms with E-state index in [4.69, 9.17) is 0 Å². The first-order valence-electron chi connectivity index (χ1n) is 6.22. The molecule has 1 amide bonds. The molecule has 94 valence electrons. The van der Waals surface area contributed by atoms with E-state index in [0.717, 1.165) is 18.0 Å². The molecule has 3 rings (SSSR count). The summed E-state index contributed by atoms with van der Waals surface area (Å²) in [5.41, 5.74) is 1.24. The molecular formula is C14H16N2OS. The molecule has 1 unspecified atom stereocenters. The monoisotopic (exact) mass is 260 g/mol. The Morgan fingerprint density at radius 2 is 2.28 bits per heavy atom. The Morgan fingerprint density at radius 1 is 1.39 bits per heavy atom. The van der Waals surface area contributed by atoms with Crippen LogP contribution in [0, 0.1) is 0 Å². The maximum absolute atomic E-state index is 12.3. The molecule has 0 fully saturated rings. The summed E-state index contributed by atoms with van der Waals surface area (Å²) < 4.78 is 2.24. The van der Waals surface area contributed by atoms with Gasteiger partial charge in [0.05, 0.1) is 12.5 Å². The van der Waals surface area contributed by atoms with Gasteiger partial charge in [0.25, 0.3) is 0 Å². The molecule has 18 heavy (non-hydrogen) atoms. The summed E-state index contributed by atoms with van der Waals surface area (Å²) in [6.45, 7) is 3.83. The number of thiophene rings is 1. The maximum atomic E-state index is 12.3. The molecule has 3 nitrogen and oxygen atoms in total. The molecule has 3 heterocycles. The molecule has 4 heteroatoms. The summed E-state index contributed by atoms with van der Waals surface area (Å²) in [6.07, 6.45) is 2.62. The molecule has 0 spiro atoms. The molecule has 1 aliphatic heterocycles. The lowest BCUT2D eigenvalue weighted by atomic mass is 10.1. The van der Waals surface area contributed by atoms with E-state index >= 15 is 0 Å². The van der Waals surface area contributed by atoms with Crippen molar-refractivity contribution in [2.75, 3.05) is 6.54 Å². The van der Waals surface area contributed by atoms with Gasteiger partial charge in [-0.1, -0.05) is 6.07 Å². The van der Waals surface area contributed by atoms with Crippen molar-refractivity contribution in [3.8, 4) is 0 Å². The van der Waals surface area contributed by atoms with Crippen LogP contribution < -0.4 is 0 Å². The second-order valence-electron chi connectivity index (χ2n) is 4.65. The van der Waals surface area contributed by atoms with Gasteiger partial charge in [-0.2, -0.15) is 0 Å². The lowest BCUT2D eigenvalue weighted by Crippen LogP contribution is -2.41. The van der Waals surface area contributed by atoms with Crippen molar-refractivity contribution in [3.63, 3.8) is 0 Å². The lowest BCUT2D eigenvalue weighted by Gasteiger charge is -2.35. The molecule has 0 radical (unpaired) electrons. The summed E-state index contributed by atoms with van der Waals surface area (Å²) in [5, 5.41) is 2.02. The van der Waals surface area contributed by atoms with Crippen LogP contribution in [-0.4, -0.2) is 21.9 Å². The fraction of sp³-hybridized carbons (Fsp3) is 0.357. The number of fused-ring (bicyclic) bond motifs is 1. The fourth-order valence-corrected chi connectivity index (χ4v) is 3.28. The minimum atomic E-state index is 0.182. The number of hydrogen-bond donors (Lipinski definition) is 0. The first-order valence-corrected chi connectivity index (χ1v) is 7.10. The van der Waals surface area contributed by atoms with Gasteiger partial charge >= 0.3 is 0 Å². The SMILES string of the molecule is CC1c2cccn2CCN1C(=O)Cc1cccs1. The highest BCUT2D eigenvalue weighted by molar-refractivity contribution is 7.10. The lowest BCUT2D eigenvalue weighted by molar-refractivity contribution is -0.133. The molecule has 1 atom stereocenters. The third-order valence-electron chi connectivity index (χ3n) is 3.57. The molecule has 0 bridgehead atoms. The van der Waals surface area contributed by atoms with E-state index in [-0.39, 0.29) is 11.9 Å². The van der Waals surface area contributed by atoms with Gasteiger partial charge in [-0.25, -0.2) is 0 Å². The van der Waals surface area contributed by atoms with Gasteiger partial charge in [-0.3, -0.25) is 4.79 Å². The zero-order valence-electron chi connectivity index (χ0n) is 10.4. The summed E-state index contributed by atoms with van der Waals surface area (Å²) in [5.74, 6) is 0.234. The van der Waals surface area contributed by atoms with Gasteiger partial charge in [0.2, 0.25) is 5.91 Å². The highest BCUT2D eigenvalue weighted by atomic mass is 32.1. The number of amides is 1. The Balaban J connectivity index is 1.76. The largest absolute Gasteiger partial charge is 0.348 e. The topological polar surface area (TPSA) is 25.2 Å². The van der Waals surface area contributed by atoms with Crippen LogP contribution in [-0.2, 0) is 17.8 Å². The number of nitrogens with zero attached hydrogens (tertiary/aromatic N) is 2. The first kappa shape index (κ1) is 11.5. The van der Waals surface area contributed by atoms with Crippen molar-refractivity contribution >= 4 is 17.2 Å². The second-order valence-corrected chi connectivity index (χ2v) is 5.68. The molecule has 2 aromatic rings. The van der Waals surface area contributed by atoms with E-state index in [1.54, 1.807) is 11.3 Å². The van der Waals surface area contributed by atoms with Crippen molar-refractivity contribution in [1.29, 1.82) is 0 Å². The standard InChI is InChI=1S/C14H16N2OS/c1-11-13-5-2-6-15(13)7-8-16(11)14(17)10-12-4-3-9-18-12/h2-6,9,11H,7-8,10H2,1H3. The van der Waals surface area contributed by atoms with Gasteiger partial charge < -0.3 is 9.47 Å². The Kier molecular flexibility index (Phi) is 2.96. The van der Waals surface area contributed by atoms with E-state index in [0.29, 0.717) is 6.42 Å². The second kappa shape index (κ2) is 4.61. The number of rotatable bonds is 2. The molecule has 0 aromatic carbocycles. The zero-order valence-corrected chi connectivity index (χ0v) is 11.2. The van der Waals surface area contributed by atoms with Gasteiger partial charge in [0, 0.05) is 29.9 Å². The van der Waals surface area contributed by atoms with E-state index in [1.807, 2.05) is 22.4 Å². The normalized spacial score (nSPS) is 18.7. The van der Waals surface area contributed by atoms with E-state index < -0.39 is 0 Å². The van der Waals surface area contributed by atoms with Crippen molar-refractivity contribution in [3.05, 3.63) is 46.4 Å². The van der Waals surface area contributed by atoms with Crippen LogP contribution >= 0.6 is 11.3 Å². The van der Waals surface area contributed by atoms with E-state index in [9.17, 15) is 4.79 Å². The summed E-state index contributed by atoms with van der Waals surface area (Å²) in [4.78, 5) is 15.5. The Labute approximate surface area is 111 Å². The predicted molar refractivity (Wildman–Crippen MR) is 72.6 cm³/mol. The Hall–Kier alpha value is -1.55. The van der Waals surface area contributed by atoms with E-state index in [1.165, 1.54) is 5.69 Å². The van der Waals surface area contributed by atoms with Crippen LogP contribution in [0.1, 0.15) is 23.5 Å². The zero-order chi connectivity index (χ0) is 12.5. The van der Waals surface area contributed by atoms with Crippen molar-refractivity contribution < 1.29 is 4.79 Å². The molecule has 0 aliphatic carbocycles. The predicted octanol–water partition coefficient (Wildman–Crippen LogP) is 2.70. The van der Waals surface area contributed by atoms with Crippen LogP contribution in [0.3, 0.4) is 0 Å². The van der Waals surface area contributed by atoms with Crippen LogP contribution in [0.4, 0.5) is 0 Å². The van der Waals surface area contributed by atoms with Crippen molar-refractivity contribution in [2.45, 2.75) is 25.9 Å². The Bertz CT molecular complexity index is 544. The smallest absolute Gasteiger partial charge is 0.228 e. The molecule has 2 aromatic heterocycles. The minimum Gasteiger partial charge on any atom is -0.348 e. The van der Waals surface area contributed by atoms with Gasteiger partial charge in [0.1, 0.15) is 0 Å². The summed E-state index contributed by atoms with van der Waals surface area (Å²) in [6, 6.07) is 8.37. The van der Waals surface area contributed by atoms with Crippen molar-refractivity contribution in [1.82, 2.24) is 9.47 Å². The average molecular weight is 260 g/mol. The summed E-state index contributed by atoms with van der Waals surface area (Å²) >= 11 is 1.65. The number of carbonyl (C=O) groups is 1. The third kappa shape index (κ3) is 1.97. The fourth-order valence-electron chi connectivity index (χ4n) is 2.58.